The molecule has 0 saturated heterocycles. The third-order valence-corrected chi connectivity index (χ3v) is 6.39. The molecule has 2 amide bonds. The first-order valence-corrected chi connectivity index (χ1v) is 11.5. The molecule has 2 heterocycles. The summed E-state index contributed by atoms with van der Waals surface area (Å²) in [6.07, 6.45) is -0.660. The van der Waals surface area contributed by atoms with E-state index in [9.17, 15) is 9.59 Å². The molecule has 0 bridgehead atoms. The van der Waals surface area contributed by atoms with Crippen molar-refractivity contribution in [3.05, 3.63) is 57.9 Å². The van der Waals surface area contributed by atoms with E-state index in [2.05, 4.69) is 24.1 Å². The van der Waals surface area contributed by atoms with Crippen LogP contribution < -0.4 is 15.0 Å². The maximum Gasteiger partial charge on any atom is 0.268 e. The molecule has 32 heavy (non-hydrogen) atoms. The maximum atomic E-state index is 13.0. The molecule has 7 heteroatoms. The number of anilines is 2. The Hall–Kier alpha value is -3.19. The first-order chi connectivity index (χ1) is 15.2. The fourth-order valence-corrected chi connectivity index (χ4v) is 4.80. The first kappa shape index (κ1) is 22.0. The van der Waals surface area contributed by atoms with Gasteiger partial charge in [-0.2, -0.15) is 0 Å². The van der Waals surface area contributed by atoms with Crippen LogP contribution in [0.25, 0.3) is 11.3 Å². The number of fused-ring (bicyclic) bond motifs is 1. The second-order valence-corrected chi connectivity index (χ2v) is 9.70. The number of aryl methyl sites for hydroxylation is 2. The molecule has 1 aromatic heterocycles. The second-order valence-electron chi connectivity index (χ2n) is 8.29. The Labute approximate surface area is 192 Å². The van der Waals surface area contributed by atoms with Gasteiger partial charge in [-0.25, -0.2) is 4.98 Å². The van der Waals surface area contributed by atoms with E-state index in [0.717, 1.165) is 32.4 Å². The lowest BCUT2D eigenvalue weighted by molar-refractivity contribution is -0.127. The van der Waals surface area contributed by atoms with Gasteiger partial charge in [-0.05, 0) is 56.5 Å². The predicted molar refractivity (Wildman–Crippen MR) is 129 cm³/mol. The van der Waals surface area contributed by atoms with Gasteiger partial charge in [0.1, 0.15) is 12.3 Å². The van der Waals surface area contributed by atoms with Crippen LogP contribution in [0, 0.1) is 13.8 Å². The lowest BCUT2D eigenvalue weighted by Gasteiger charge is -2.33. The van der Waals surface area contributed by atoms with Gasteiger partial charge in [0.25, 0.3) is 5.91 Å². The van der Waals surface area contributed by atoms with Crippen LogP contribution >= 0.6 is 11.3 Å². The Kier molecular flexibility index (Phi) is 6.02. The Morgan fingerprint density at radius 3 is 2.66 bits per heavy atom. The summed E-state index contributed by atoms with van der Waals surface area (Å²) < 4.78 is 5.81. The first-order valence-electron chi connectivity index (χ1n) is 10.7. The molecule has 0 spiro atoms. The lowest BCUT2D eigenvalue weighted by Crippen LogP contribution is -2.47. The maximum absolute atomic E-state index is 13.0. The number of para-hydroxylation sites is 1. The van der Waals surface area contributed by atoms with E-state index in [1.54, 1.807) is 18.3 Å². The van der Waals surface area contributed by atoms with Crippen molar-refractivity contribution in [2.75, 3.05) is 16.8 Å². The van der Waals surface area contributed by atoms with Gasteiger partial charge in [0.2, 0.25) is 5.91 Å². The summed E-state index contributed by atoms with van der Waals surface area (Å²) in [5, 5.41) is 3.96. The number of rotatable bonds is 5. The Morgan fingerprint density at radius 1 is 1.22 bits per heavy atom. The van der Waals surface area contributed by atoms with Crippen molar-refractivity contribution < 1.29 is 14.3 Å². The predicted octanol–water partition coefficient (Wildman–Crippen LogP) is 5.30. The monoisotopic (exact) mass is 449 g/mol. The van der Waals surface area contributed by atoms with Gasteiger partial charge in [-0.15, -0.1) is 11.3 Å². The zero-order valence-electron chi connectivity index (χ0n) is 18.9. The number of hydrogen-bond acceptors (Lipinski definition) is 5. The minimum atomic E-state index is -0.660. The van der Waals surface area contributed by atoms with E-state index in [0.29, 0.717) is 11.4 Å². The molecule has 0 saturated carbocycles. The topological polar surface area (TPSA) is 71.5 Å². The fraction of sp³-hybridized carbons (Fsp3) is 0.320. The normalized spacial score (nSPS) is 15.5. The number of benzene rings is 2. The van der Waals surface area contributed by atoms with Crippen LogP contribution in [0.5, 0.6) is 5.75 Å². The molecular weight excluding hydrogens is 422 g/mol. The van der Waals surface area contributed by atoms with Crippen molar-refractivity contribution >= 4 is 34.5 Å². The van der Waals surface area contributed by atoms with E-state index in [-0.39, 0.29) is 24.3 Å². The highest BCUT2D eigenvalue weighted by atomic mass is 32.1. The van der Waals surface area contributed by atoms with E-state index in [1.807, 2.05) is 56.3 Å². The van der Waals surface area contributed by atoms with Crippen molar-refractivity contribution in [3.8, 4) is 17.0 Å². The Morgan fingerprint density at radius 2 is 1.97 bits per heavy atom. The third kappa shape index (κ3) is 4.25. The van der Waals surface area contributed by atoms with Gasteiger partial charge in [0.15, 0.2) is 6.10 Å². The molecule has 1 aliphatic heterocycles. The van der Waals surface area contributed by atoms with E-state index in [4.69, 9.17) is 4.74 Å². The van der Waals surface area contributed by atoms with E-state index >= 15 is 0 Å². The van der Waals surface area contributed by atoms with Crippen molar-refractivity contribution in [2.24, 2.45) is 0 Å². The van der Waals surface area contributed by atoms with Crippen molar-refractivity contribution in [1.29, 1.82) is 0 Å². The van der Waals surface area contributed by atoms with Crippen molar-refractivity contribution in [1.82, 2.24) is 4.98 Å². The third-order valence-electron chi connectivity index (χ3n) is 5.50. The fourth-order valence-electron chi connectivity index (χ4n) is 3.96. The van der Waals surface area contributed by atoms with Crippen LogP contribution in [0.3, 0.4) is 0 Å². The number of hydrogen-bond donors (Lipinski definition) is 1. The summed E-state index contributed by atoms with van der Waals surface area (Å²) in [5.74, 6) is 0.358. The number of carbonyl (C=O) groups is 2. The summed E-state index contributed by atoms with van der Waals surface area (Å²) in [5.41, 5.74) is 4.19. The highest BCUT2D eigenvalue weighted by Crippen LogP contribution is 2.38. The molecule has 1 atom stereocenters. The molecule has 3 aromatic rings. The number of aromatic nitrogens is 1. The summed E-state index contributed by atoms with van der Waals surface area (Å²) in [4.78, 5) is 33.2. The summed E-state index contributed by atoms with van der Waals surface area (Å²) in [6.45, 7) is 9.77. The van der Waals surface area contributed by atoms with Crippen LogP contribution in [-0.4, -0.2) is 29.4 Å². The molecule has 1 unspecified atom stereocenters. The standard InChI is InChI=1S/C25H27N3O3S/c1-14(2)19-8-6-7-9-20(19)27-23(29)13-28-21-12-18(24-16(4)32-17(5)26-24)10-11-22(21)31-15(3)25(28)30/h6-12,14-15H,13H2,1-5H3,(H,27,29). The summed E-state index contributed by atoms with van der Waals surface area (Å²) in [7, 11) is 0. The SMILES string of the molecule is Cc1nc(-c2ccc3c(c2)N(CC(=O)Nc2ccccc2C(C)C)C(=O)C(C)O3)c(C)s1. The molecule has 166 valence electrons. The smallest absolute Gasteiger partial charge is 0.268 e. The zero-order valence-corrected chi connectivity index (χ0v) is 19.7. The summed E-state index contributed by atoms with van der Waals surface area (Å²) >= 11 is 1.63. The molecule has 1 aliphatic rings. The second kappa shape index (κ2) is 8.74. The van der Waals surface area contributed by atoms with Crippen molar-refractivity contribution in [2.45, 2.75) is 46.6 Å². The van der Waals surface area contributed by atoms with Crippen molar-refractivity contribution in [3.63, 3.8) is 0 Å². The van der Waals surface area contributed by atoms with Crippen LogP contribution in [0.15, 0.2) is 42.5 Å². The molecule has 2 aromatic carbocycles. The van der Waals surface area contributed by atoms with E-state index in [1.165, 1.54) is 4.90 Å². The molecule has 0 aliphatic carbocycles. The molecule has 4 rings (SSSR count). The van der Waals surface area contributed by atoms with Gasteiger partial charge in [-0.1, -0.05) is 32.0 Å². The molecule has 0 radical (unpaired) electrons. The highest BCUT2D eigenvalue weighted by Gasteiger charge is 2.33. The number of nitrogens with one attached hydrogen (secondary N) is 1. The molecule has 6 nitrogen and oxygen atoms in total. The average molecular weight is 450 g/mol. The van der Waals surface area contributed by atoms with Crippen LogP contribution in [0.1, 0.15) is 42.1 Å². The average Bonchev–Trinajstić information content (AvgIpc) is 3.09. The minimum Gasteiger partial charge on any atom is -0.479 e. The number of nitrogens with zero attached hydrogens (tertiary/aromatic N) is 2. The number of amides is 2. The summed E-state index contributed by atoms with van der Waals surface area (Å²) in [6, 6.07) is 13.4. The largest absolute Gasteiger partial charge is 0.479 e. The van der Waals surface area contributed by atoms with E-state index < -0.39 is 6.10 Å². The van der Waals surface area contributed by atoms with Crippen LogP contribution in [0.2, 0.25) is 0 Å². The Bertz CT molecular complexity index is 1180. The minimum absolute atomic E-state index is 0.0928. The van der Waals surface area contributed by atoms with Gasteiger partial charge in [0.05, 0.1) is 16.4 Å². The zero-order chi connectivity index (χ0) is 23.0. The number of carbonyl (C=O) groups excluding carboxylic acids is 2. The van der Waals surface area contributed by atoms with Crippen LogP contribution in [0.4, 0.5) is 11.4 Å². The molecular formula is C25H27N3O3S. The highest BCUT2D eigenvalue weighted by molar-refractivity contribution is 7.11. The van der Waals surface area contributed by atoms with Gasteiger partial charge in [-0.3, -0.25) is 14.5 Å². The molecule has 0 fully saturated rings. The quantitative estimate of drug-likeness (QED) is 0.574. The Balaban J connectivity index is 1.64. The lowest BCUT2D eigenvalue weighted by atomic mass is 10.0. The number of ether oxygens (including phenoxy) is 1. The number of thiazole rings is 1. The van der Waals surface area contributed by atoms with Gasteiger partial charge < -0.3 is 10.1 Å². The van der Waals surface area contributed by atoms with Crippen LogP contribution in [-0.2, 0) is 9.59 Å². The molecule has 1 N–H and O–H groups in total. The van der Waals surface area contributed by atoms with Gasteiger partial charge >= 0.3 is 0 Å². The van der Waals surface area contributed by atoms with Gasteiger partial charge in [0, 0.05) is 16.1 Å².